The van der Waals surface area contributed by atoms with Gasteiger partial charge < -0.3 is 14.7 Å². The van der Waals surface area contributed by atoms with Crippen LogP contribution in [0.1, 0.15) is 74.6 Å². The van der Waals surface area contributed by atoms with Crippen molar-refractivity contribution >= 4 is 46.0 Å². The minimum Gasteiger partial charge on any atom is -0.460 e. The highest BCUT2D eigenvalue weighted by Gasteiger charge is 2.45. The van der Waals surface area contributed by atoms with Crippen LogP contribution in [0.2, 0.25) is 0 Å². The number of rotatable bonds is 10. The van der Waals surface area contributed by atoms with Crippen LogP contribution in [0.5, 0.6) is 0 Å². The normalized spacial score (nSPS) is 20.3. The standard InChI is InChI=1S/C31H36N4O4S2/c1-20-9-14-28(41-20)31(38,27-8-4-17-40-27)30(37)39-23-12-10-22(11-13-23)34(2)15-5-16-35-29-25-7-3-6-24(25)21(19-36)18-26(29)32-33-35/h4,8-9,14,17-19,22-23,38H,3,5-7,10-13,15-16H2,1-2H3/t22-,23-,31-/m0/s1. The van der Waals surface area contributed by atoms with Gasteiger partial charge in [-0.05, 0) is 113 Å². The molecule has 0 saturated heterocycles. The molecule has 0 radical (unpaired) electrons. The van der Waals surface area contributed by atoms with Gasteiger partial charge in [-0.2, -0.15) is 0 Å². The van der Waals surface area contributed by atoms with Crippen LogP contribution in [-0.4, -0.2) is 63.0 Å². The fraction of sp³-hybridized carbons (Fsp3) is 0.484. The quantitative estimate of drug-likeness (QED) is 0.198. The van der Waals surface area contributed by atoms with Crippen molar-refractivity contribution in [1.82, 2.24) is 19.9 Å². The molecule has 0 aliphatic heterocycles. The molecule has 0 unspecified atom stereocenters. The molecule has 6 rings (SSSR count). The summed E-state index contributed by atoms with van der Waals surface area (Å²) in [6.45, 7) is 3.68. The molecule has 0 spiro atoms. The largest absolute Gasteiger partial charge is 0.460 e. The lowest BCUT2D eigenvalue weighted by atomic mass is 9.91. The van der Waals surface area contributed by atoms with E-state index in [4.69, 9.17) is 4.74 Å². The number of fused-ring (bicyclic) bond motifs is 3. The summed E-state index contributed by atoms with van der Waals surface area (Å²) in [7, 11) is 2.17. The highest BCUT2D eigenvalue weighted by molar-refractivity contribution is 7.13. The summed E-state index contributed by atoms with van der Waals surface area (Å²) in [4.78, 5) is 29.6. The fourth-order valence-electron chi connectivity index (χ4n) is 6.48. The molecule has 1 atom stereocenters. The average Bonchev–Trinajstić information content (AvgIpc) is 3.79. The maximum Gasteiger partial charge on any atom is 0.349 e. The monoisotopic (exact) mass is 592 g/mol. The highest BCUT2D eigenvalue weighted by Crippen LogP contribution is 2.39. The number of hydrogen-bond acceptors (Lipinski definition) is 9. The van der Waals surface area contributed by atoms with Gasteiger partial charge in [0.2, 0.25) is 5.60 Å². The Morgan fingerprint density at radius 2 is 2.00 bits per heavy atom. The number of esters is 1. The Morgan fingerprint density at radius 1 is 1.20 bits per heavy atom. The fourth-order valence-corrected chi connectivity index (χ4v) is 8.33. The van der Waals surface area contributed by atoms with Crippen LogP contribution < -0.4 is 0 Å². The molecule has 4 aromatic rings. The maximum absolute atomic E-state index is 13.4. The topological polar surface area (TPSA) is 97.6 Å². The third-order valence-electron chi connectivity index (χ3n) is 8.72. The Morgan fingerprint density at radius 3 is 2.71 bits per heavy atom. The number of hydrogen-bond donors (Lipinski definition) is 1. The number of aliphatic hydroxyl groups is 1. The second kappa shape index (κ2) is 11.8. The van der Waals surface area contributed by atoms with Crippen molar-refractivity contribution in [3.8, 4) is 0 Å². The molecule has 216 valence electrons. The van der Waals surface area contributed by atoms with Gasteiger partial charge >= 0.3 is 5.97 Å². The Balaban J connectivity index is 1.03. The summed E-state index contributed by atoms with van der Waals surface area (Å²) in [5.41, 5.74) is 3.32. The van der Waals surface area contributed by atoms with Crippen molar-refractivity contribution in [1.29, 1.82) is 0 Å². The molecular formula is C31H36N4O4S2. The lowest BCUT2D eigenvalue weighted by molar-refractivity contribution is -0.169. The zero-order valence-electron chi connectivity index (χ0n) is 23.5. The Hall–Kier alpha value is -2.92. The molecule has 3 heterocycles. The molecule has 8 nitrogen and oxygen atoms in total. The van der Waals surface area contributed by atoms with E-state index in [-0.39, 0.29) is 6.10 Å². The first-order chi connectivity index (χ1) is 19.9. The number of aromatic nitrogens is 3. The van der Waals surface area contributed by atoms with E-state index in [1.54, 1.807) is 6.07 Å². The predicted octanol–water partition coefficient (Wildman–Crippen LogP) is 5.28. The Kier molecular flexibility index (Phi) is 8.09. The summed E-state index contributed by atoms with van der Waals surface area (Å²) < 4.78 is 7.98. The van der Waals surface area contributed by atoms with Gasteiger partial charge in [-0.25, -0.2) is 9.48 Å². The van der Waals surface area contributed by atoms with Crippen LogP contribution in [0.25, 0.3) is 11.0 Å². The van der Waals surface area contributed by atoms with E-state index in [1.807, 2.05) is 41.3 Å². The minimum absolute atomic E-state index is 0.195. The summed E-state index contributed by atoms with van der Waals surface area (Å²) in [5.74, 6) is -0.578. The minimum atomic E-state index is -1.76. The SMILES string of the molecule is Cc1ccc([C@](O)(C(=O)O[C@H]2CC[C@H](N(C)CCCn3nnc4cc(C=O)c5c(c43)CCC5)CC2)c2cccs2)s1. The van der Waals surface area contributed by atoms with Crippen molar-refractivity contribution in [3.05, 3.63) is 67.0 Å². The maximum atomic E-state index is 13.4. The first-order valence-corrected chi connectivity index (χ1v) is 16.2. The molecule has 1 saturated carbocycles. The third-order valence-corrected chi connectivity index (χ3v) is 10.8. The van der Waals surface area contributed by atoms with Crippen LogP contribution in [0, 0.1) is 6.92 Å². The van der Waals surface area contributed by atoms with Gasteiger partial charge in [0.05, 0.1) is 15.3 Å². The van der Waals surface area contributed by atoms with Gasteiger partial charge in [-0.3, -0.25) is 4.79 Å². The van der Waals surface area contributed by atoms with Crippen molar-refractivity contribution in [2.45, 2.75) is 82.6 Å². The zero-order chi connectivity index (χ0) is 28.6. The van der Waals surface area contributed by atoms with Gasteiger partial charge in [-0.1, -0.05) is 11.3 Å². The average molecular weight is 593 g/mol. The van der Waals surface area contributed by atoms with Gasteiger partial charge in [0.1, 0.15) is 17.9 Å². The summed E-state index contributed by atoms with van der Waals surface area (Å²) in [5, 5.41) is 22.3. The number of carbonyl (C=O) groups is 2. The number of nitrogens with zero attached hydrogens (tertiary/aromatic N) is 4. The predicted molar refractivity (Wildman–Crippen MR) is 161 cm³/mol. The second-order valence-corrected chi connectivity index (χ2v) is 13.6. The van der Waals surface area contributed by atoms with Gasteiger partial charge in [0, 0.05) is 23.0 Å². The summed E-state index contributed by atoms with van der Waals surface area (Å²) in [6, 6.07) is 9.70. The summed E-state index contributed by atoms with van der Waals surface area (Å²) in [6.07, 6.45) is 8.15. The van der Waals surface area contributed by atoms with E-state index in [0.717, 1.165) is 92.2 Å². The summed E-state index contributed by atoms with van der Waals surface area (Å²) >= 11 is 2.79. The third kappa shape index (κ3) is 5.38. The van der Waals surface area contributed by atoms with E-state index in [1.165, 1.54) is 33.8 Å². The number of carbonyl (C=O) groups excluding carboxylic acids is 2. The molecule has 3 aromatic heterocycles. The number of thiophene rings is 2. The molecule has 10 heteroatoms. The van der Waals surface area contributed by atoms with E-state index in [0.29, 0.717) is 15.8 Å². The first kappa shape index (κ1) is 28.2. The van der Waals surface area contributed by atoms with E-state index in [9.17, 15) is 14.7 Å². The lowest BCUT2D eigenvalue weighted by Crippen LogP contribution is -2.42. The van der Waals surface area contributed by atoms with Crippen LogP contribution in [-0.2, 0) is 34.5 Å². The Labute approximate surface area is 247 Å². The molecule has 2 aliphatic rings. The molecule has 1 aromatic carbocycles. The van der Waals surface area contributed by atoms with Crippen LogP contribution in [0.4, 0.5) is 0 Å². The van der Waals surface area contributed by atoms with E-state index < -0.39 is 11.6 Å². The molecule has 0 amide bonds. The van der Waals surface area contributed by atoms with E-state index in [2.05, 4.69) is 22.3 Å². The molecular weight excluding hydrogens is 556 g/mol. The van der Waals surface area contributed by atoms with Crippen LogP contribution >= 0.6 is 22.7 Å². The van der Waals surface area contributed by atoms with Crippen molar-refractivity contribution < 1.29 is 19.4 Å². The number of benzene rings is 1. The zero-order valence-corrected chi connectivity index (χ0v) is 25.2. The highest BCUT2D eigenvalue weighted by atomic mass is 32.1. The number of aldehydes is 1. The molecule has 0 bridgehead atoms. The van der Waals surface area contributed by atoms with Gasteiger partial charge in [0.25, 0.3) is 0 Å². The van der Waals surface area contributed by atoms with Crippen LogP contribution in [0.3, 0.4) is 0 Å². The molecule has 2 aliphatic carbocycles. The van der Waals surface area contributed by atoms with Crippen LogP contribution in [0.15, 0.2) is 35.7 Å². The molecule has 1 fully saturated rings. The lowest BCUT2D eigenvalue weighted by Gasteiger charge is -2.35. The number of aryl methyl sites for hydroxylation is 3. The number of ether oxygens (including phenoxy) is 1. The van der Waals surface area contributed by atoms with Crippen molar-refractivity contribution in [3.63, 3.8) is 0 Å². The van der Waals surface area contributed by atoms with Gasteiger partial charge in [0.15, 0.2) is 0 Å². The van der Waals surface area contributed by atoms with Crippen molar-refractivity contribution in [2.24, 2.45) is 0 Å². The van der Waals surface area contributed by atoms with Gasteiger partial charge in [-0.15, -0.1) is 27.8 Å². The smallest absolute Gasteiger partial charge is 0.349 e. The Bertz CT molecular complexity index is 1540. The first-order valence-electron chi connectivity index (χ1n) is 14.5. The molecule has 1 N–H and O–H groups in total. The molecule has 41 heavy (non-hydrogen) atoms. The van der Waals surface area contributed by atoms with Crippen molar-refractivity contribution in [2.75, 3.05) is 13.6 Å². The van der Waals surface area contributed by atoms with E-state index >= 15 is 0 Å². The second-order valence-electron chi connectivity index (χ2n) is 11.3.